The molecule has 0 aliphatic rings. The van der Waals surface area contributed by atoms with Gasteiger partial charge >= 0.3 is 27.2 Å². The molecular formula is C12H9INO2+. The van der Waals surface area contributed by atoms with Crippen LogP contribution >= 0.6 is 0 Å². The van der Waals surface area contributed by atoms with Crippen molar-refractivity contribution in [2.75, 3.05) is 0 Å². The Balaban J connectivity index is 2.31. The molecule has 80 valence electrons. The first kappa shape index (κ1) is 11.1. The van der Waals surface area contributed by atoms with Crippen LogP contribution in [0.4, 0.5) is 0 Å². The highest BCUT2D eigenvalue weighted by Gasteiger charge is 2.24. The number of carboxylic acid groups (broad SMARTS) is 1. The highest BCUT2D eigenvalue weighted by Crippen LogP contribution is 1.93. The van der Waals surface area contributed by atoms with E-state index in [0.29, 0.717) is 0 Å². The molecule has 1 heterocycles. The molecule has 0 aliphatic carbocycles. The highest BCUT2D eigenvalue weighted by atomic mass is 127. The number of benzene rings is 1. The summed E-state index contributed by atoms with van der Waals surface area (Å²) >= 11 is -0.470. The highest BCUT2D eigenvalue weighted by molar-refractivity contribution is 5.84. The molecule has 1 aromatic carbocycles. The number of hydrogen-bond acceptors (Lipinski definition) is 2. The summed E-state index contributed by atoms with van der Waals surface area (Å²) < 4.78 is 2.04. The molecule has 2 rings (SSSR count). The molecule has 0 bridgehead atoms. The van der Waals surface area contributed by atoms with E-state index in [1.807, 2.05) is 36.4 Å². The predicted octanol–water partition coefficient (Wildman–Crippen LogP) is -1.09. The molecule has 1 aromatic heterocycles. The van der Waals surface area contributed by atoms with Crippen LogP contribution in [0.25, 0.3) is 0 Å². The normalized spacial score (nSPS) is 10.0. The molecule has 0 spiro atoms. The largest absolute Gasteiger partial charge is 0.476 e. The van der Waals surface area contributed by atoms with Crippen LogP contribution in [0.1, 0.15) is 10.5 Å². The van der Waals surface area contributed by atoms with E-state index in [1.54, 1.807) is 6.07 Å². The monoisotopic (exact) mass is 326 g/mol. The molecule has 0 saturated heterocycles. The fraction of sp³-hybridized carbons (Fsp3) is 0. The zero-order valence-corrected chi connectivity index (χ0v) is 10.5. The Morgan fingerprint density at radius 1 is 1.12 bits per heavy atom. The smallest absolute Gasteiger partial charge is 0.360 e. The Hall–Kier alpha value is -1.43. The van der Waals surface area contributed by atoms with Gasteiger partial charge in [-0.1, -0.05) is 18.2 Å². The van der Waals surface area contributed by atoms with E-state index in [9.17, 15) is 4.79 Å². The van der Waals surface area contributed by atoms with Gasteiger partial charge in [-0.15, -0.1) is 0 Å². The Labute approximate surface area is 103 Å². The number of carboxylic acids is 1. The summed E-state index contributed by atoms with van der Waals surface area (Å²) in [6, 6.07) is 13.5. The maximum atomic E-state index is 11.0. The van der Waals surface area contributed by atoms with Crippen LogP contribution in [0.2, 0.25) is 0 Å². The van der Waals surface area contributed by atoms with E-state index in [4.69, 9.17) is 5.11 Å². The second-order valence-electron chi connectivity index (χ2n) is 3.03. The lowest BCUT2D eigenvalue weighted by atomic mass is 10.4. The van der Waals surface area contributed by atoms with E-state index in [-0.39, 0.29) is 5.69 Å². The number of carbonyl (C=O) groups is 1. The first-order chi connectivity index (χ1) is 7.77. The molecule has 0 atom stereocenters. The minimum atomic E-state index is -0.953. The average Bonchev–Trinajstić information content (AvgIpc) is 2.31. The van der Waals surface area contributed by atoms with Crippen molar-refractivity contribution in [3.05, 3.63) is 61.5 Å². The first-order valence-electron chi connectivity index (χ1n) is 4.65. The first-order valence-corrected chi connectivity index (χ1v) is 6.81. The number of pyridine rings is 1. The SMILES string of the molecule is O=C(O)c1ncccc1[I+]c1ccccc1. The molecule has 2 aromatic rings. The van der Waals surface area contributed by atoms with Crippen LogP contribution in [0.3, 0.4) is 0 Å². The number of rotatable bonds is 3. The summed E-state index contributed by atoms with van der Waals surface area (Å²) in [7, 11) is 0. The van der Waals surface area contributed by atoms with Gasteiger partial charge in [0.1, 0.15) is 0 Å². The lowest BCUT2D eigenvalue weighted by Gasteiger charge is -1.92. The lowest BCUT2D eigenvalue weighted by Crippen LogP contribution is -3.61. The zero-order chi connectivity index (χ0) is 11.4. The van der Waals surface area contributed by atoms with Crippen molar-refractivity contribution >= 4 is 5.97 Å². The number of aromatic carboxylic acids is 1. The third kappa shape index (κ3) is 2.57. The van der Waals surface area contributed by atoms with Gasteiger partial charge in [-0.3, -0.25) is 0 Å². The Bertz CT molecular complexity index is 499. The molecule has 0 aliphatic heterocycles. The van der Waals surface area contributed by atoms with Crippen LogP contribution in [-0.4, -0.2) is 16.1 Å². The van der Waals surface area contributed by atoms with Gasteiger partial charge in [0.15, 0.2) is 3.57 Å². The number of halogens is 1. The Kier molecular flexibility index (Phi) is 3.51. The standard InChI is InChI=1S/C12H8INO2/c15-12(16)11-10(7-4-8-14-11)13-9-5-2-1-3-6-9/h1-8H/p+1. The van der Waals surface area contributed by atoms with Crippen LogP contribution in [0, 0.1) is 7.14 Å². The van der Waals surface area contributed by atoms with Crippen molar-refractivity contribution in [1.29, 1.82) is 0 Å². The van der Waals surface area contributed by atoms with E-state index in [2.05, 4.69) is 4.98 Å². The van der Waals surface area contributed by atoms with E-state index in [1.165, 1.54) is 9.77 Å². The van der Waals surface area contributed by atoms with Crippen molar-refractivity contribution in [2.24, 2.45) is 0 Å². The second-order valence-corrected chi connectivity index (χ2v) is 5.98. The topological polar surface area (TPSA) is 50.2 Å². The van der Waals surface area contributed by atoms with E-state index < -0.39 is 27.2 Å². The van der Waals surface area contributed by atoms with Gasteiger partial charge in [0.25, 0.3) is 0 Å². The maximum Gasteiger partial charge on any atom is 0.360 e. The Morgan fingerprint density at radius 2 is 1.88 bits per heavy atom. The summed E-state index contributed by atoms with van der Waals surface area (Å²) in [6.45, 7) is 0. The summed E-state index contributed by atoms with van der Waals surface area (Å²) in [5.41, 5.74) is 0.180. The number of hydrogen-bond donors (Lipinski definition) is 1. The minimum Gasteiger partial charge on any atom is -0.476 e. The summed E-state index contributed by atoms with van der Waals surface area (Å²) in [5.74, 6) is -0.953. The van der Waals surface area contributed by atoms with Crippen LogP contribution in [0.5, 0.6) is 0 Å². The van der Waals surface area contributed by atoms with Gasteiger partial charge in [0.05, 0.1) is 0 Å². The van der Waals surface area contributed by atoms with Crippen LogP contribution in [0.15, 0.2) is 48.7 Å². The molecule has 0 unspecified atom stereocenters. The predicted molar refractivity (Wildman–Crippen MR) is 55.0 cm³/mol. The third-order valence-corrected chi connectivity index (χ3v) is 4.70. The van der Waals surface area contributed by atoms with E-state index in [0.717, 1.165) is 3.57 Å². The van der Waals surface area contributed by atoms with Gasteiger partial charge in [0, 0.05) is 6.20 Å². The quantitative estimate of drug-likeness (QED) is 0.730. The lowest BCUT2D eigenvalue weighted by molar-refractivity contribution is -0.598. The molecule has 4 heteroatoms. The van der Waals surface area contributed by atoms with Crippen molar-refractivity contribution in [3.8, 4) is 0 Å². The van der Waals surface area contributed by atoms with Crippen molar-refractivity contribution in [1.82, 2.24) is 4.98 Å². The number of nitrogens with zero attached hydrogens (tertiary/aromatic N) is 1. The third-order valence-electron chi connectivity index (χ3n) is 1.91. The summed E-state index contributed by atoms with van der Waals surface area (Å²) in [4.78, 5) is 14.9. The van der Waals surface area contributed by atoms with Gasteiger partial charge in [-0.05, 0) is 24.3 Å². The molecule has 16 heavy (non-hydrogen) atoms. The van der Waals surface area contributed by atoms with Crippen LogP contribution in [-0.2, 0) is 0 Å². The molecule has 3 nitrogen and oxygen atoms in total. The van der Waals surface area contributed by atoms with Gasteiger partial charge < -0.3 is 5.11 Å². The average molecular weight is 326 g/mol. The van der Waals surface area contributed by atoms with Gasteiger partial charge in [-0.25, -0.2) is 9.78 Å². The molecule has 0 saturated carbocycles. The fourth-order valence-corrected chi connectivity index (χ4v) is 3.67. The van der Waals surface area contributed by atoms with Gasteiger partial charge in [-0.2, -0.15) is 0 Å². The summed E-state index contributed by atoms with van der Waals surface area (Å²) in [6.07, 6.45) is 1.52. The fourth-order valence-electron chi connectivity index (χ4n) is 1.21. The Morgan fingerprint density at radius 3 is 2.56 bits per heavy atom. The summed E-state index contributed by atoms with van der Waals surface area (Å²) in [5, 5.41) is 9.00. The minimum absolute atomic E-state index is 0.180. The molecule has 0 fully saturated rings. The zero-order valence-electron chi connectivity index (χ0n) is 8.30. The maximum absolute atomic E-state index is 11.0. The van der Waals surface area contributed by atoms with Crippen LogP contribution < -0.4 is 21.2 Å². The molecule has 0 amide bonds. The van der Waals surface area contributed by atoms with Crippen molar-refractivity contribution in [3.63, 3.8) is 0 Å². The second kappa shape index (κ2) is 5.07. The van der Waals surface area contributed by atoms with Crippen molar-refractivity contribution < 1.29 is 31.1 Å². The molecule has 1 N–H and O–H groups in total. The van der Waals surface area contributed by atoms with E-state index >= 15 is 0 Å². The number of aromatic nitrogens is 1. The van der Waals surface area contributed by atoms with Crippen molar-refractivity contribution in [2.45, 2.75) is 0 Å². The van der Waals surface area contributed by atoms with Gasteiger partial charge in [0.2, 0.25) is 9.26 Å². The molecule has 0 radical (unpaired) electrons. The molecular weight excluding hydrogens is 317 g/mol.